The maximum Gasteiger partial charge on any atom is 0.230 e. The predicted octanol–water partition coefficient (Wildman–Crippen LogP) is 4.84. The third-order valence-corrected chi connectivity index (χ3v) is 5.87. The number of benzene rings is 1. The number of hydrogen-bond donors (Lipinski definition) is 1. The maximum absolute atomic E-state index is 6.04. The van der Waals surface area contributed by atoms with Gasteiger partial charge in [0, 0.05) is 16.0 Å². The molecule has 0 unspecified atom stereocenters. The molecule has 1 saturated carbocycles. The Morgan fingerprint density at radius 2 is 1.75 bits per heavy atom. The maximum atomic E-state index is 6.04. The number of nitrogens with zero attached hydrogens (tertiary/aromatic N) is 1. The third kappa shape index (κ3) is 1.67. The van der Waals surface area contributed by atoms with Gasteiger partial charge in [-0.25, -0.2) is 0 Å². The Kier molecular flexibility index (Phi) is 2.81. The van der Waals surface area contributed by atoms with Crippen LogP contribution >= 0.6 is 15.9 Å². The fourth-order valence-corrected chi connectivity index (χ4v) is 3.81. The van der Waals surface area contributed by atoms with Gasteiger partial charge in [-0.3, -0.25) is 0 Å². The van der Waals surface area contributed by atoms with Gasteiger partial charge in [-0.2, -0.15) is 0 Å². The van der Waals surface area contributed by atoms with Crippen molar-refractivity contribution in [2.45, 2.75) is 33.6 Å². The van der Waals surface area contributed by atoms with E-state index in [1.807, 2.05) is 24.3 Å². The highest BCUT2D eigenvalue weighted by Gasteiger charge is 2.67. The van der Waals surface area contributed by atoms with E-state index in [2.05, 4.69) is 48.8 Å². The van der Waals surface area contributed by atoms with E-state index in [9.17, 15) is 0 Å². The molecule has 20 heavy (non-hydrogen) atoms. The van der Waals surface area contributed by atoms with Crippen LogP contribution in [0.4, 0.5) is 5.88 Å². The first kappa shape index (κ1) is 13.7. The first-order valence-corrected chi connectivity index (χ1v) is 7.57. The number of nitrogens with two attached hydrogens (primary N) is 1. The second-order valence-corrected chi connectivity index (χ2v) is 7.52. The Hall–Kier alpha value is -1.29. The van der Waals surface area contributed by atoms with Gasteiger partial charge in [0.25, 0.3) is 0 Å². The van der Waals surface area contributed by atoms with Gasteiger partial charge >= 0.3 is 0 Å². The lowest BCUT2D eigenvalue weighted by molar-refractivity contribution is 0.423. The number of aromatic nitrogens is 1. The van der Waals surface area contributed by atoms with E-state index < -0.39 is 0 Å². The van der Waals surface area contributed by atoms with E-state index in [0.29, 0.717) is 11.8 Å². The fraction of sp³-hybridized carbons (Fsp3) is 0.438. The van der Waals surface area contributed by atoms with E-state index in [1.54, 1.807) is 0 Å². The average Bonchev–Trinajstić information content (AvgIpc) is 2.65. The minimum atomic E-state index is 0.201. The van der Waals surface area contributed by atoms with Crippen LogP contribution < -0.4 is 5.73 Å². The molecular formula is C16H19BrN2O. The summed E-state index contributed by atoms with van der Waals surface area (Å²) in [4.78, 5) is 0. The van der Waals surface area contributed by atoms with Crippen LogP contribution in [0, 0.1) is 10.8 Å². The molecule has 0 amide bonds. The minimum Gasteiger partial charge on any atom is -0.367 e. The number of hydrogen-bond acceptors (Lipinski definition) is 3. The van der Waals surface area contributed by atoms with Crippen molar-refractivity contribution in [2.75, 3.05) is 5.73 Å². The van der Waals surface area contributed by atoms with E-state index in [0.717, 1.165) is 21.3 Å². The summed E-state index contributed by atoms with van der Waals surface area (Å²) < 4.78 is 6.31. The highest BCUT2D eigenvalue weighted by Crippen LogP contribution is 2.74. The molecule has 1 fully saturated rings. The Labute approximate surface area is 127 Å². The monoisotopic (exact) mass is 334 g/mol. The molecule has 0 spiro atoms. The van der Waals surface area contributed by atoms with Gasteiger partial charge in [0.1, 0.15) is 0 Å². The van der Waals surface area contributed by atoms with Gasteiger partial charge in [-0.15, -0.1) is 0 Å². The normalized spacial score (nSPS) is 20.1. The van der Waals surface area contributed by atoms with Gasteiger partial charge in [-0.05, 0) is 16.9 Å². The zero-order chi connectivity index (χ0) is 14.7. The predicted molar refractivity (Wildman–Crippen MR) is 84.4 cm³/mol. The van der Waals surface area contributed by atoms with Crippen LogP contribution in [-0.2, 0) is 0 Å². The molecule has 2 aromatic rings. The molecule has 3 nitrogen and oxygen atoms in total. The van der Waals surface area contributed by atoms with Crippen LogP contribution in [0.2, 0.25) is 0 Å². The first-order valence-electron chi connectivity index (χ1n) is 6.78. The second-order valence-electron chi connectivity index (χ2n) is 6.66. The lowest BCUT2D eigenvalue weighted by Gasteiger charge is -2.06. The van der Waals surface area contributed by atoms with Crippen molar-refractivity contribution in [3.05, 3.63) is 34.4 Å². The fourth-order valence-electron chi connectivity index (χ4n) is 3.33. The number of halogens is 1. The average molecular weight is 335 g/mol. The topological polar surface area (TPSA) is 52.0 Å². The quantitative estimate of drug-likeness (QED) is 0.855. The van der Waals surface area contributed by atoms with Gasteiger partial charge in [0.05, 0.1) is 11.3 Å². The molecule has 1 aliphatic rings. The van der Waals surface area contributed by atoms with Gasteiger partial charge in [0.15, 0.2) is 0 Å². The van der Waals surface area contributed by atoms with Crippen LogP contribution in [0.25, 0.3) is 11.1 Å². The molecule has 0 bridgehead atoms. The van der Waals surface area contributed by atoms with Crippen molar-refractivity contribution in [1.29, 1.82) is 0 Å². The highest BCUT2D eigenvalue weighted by atomic mass is 79.9. The van der Waals surface area contributed by atoms with E-state index in [-0.39, 0.29) is 10.8 Å². The standard InChI is InChI=1S/C16H19BrN2O/c1-15(2)13(16(15,3)4)12-11(14(18)20-19-12)9-7-5-6-8-10(9)17/h5-8,13H,18H2,1-4H3. The molecule has 2 N–H and O–H groups in total. The summed E-state index contributed by atoms with van der Waals surface area (Å²) in [6.45, 7) is 9.08. The largest absolute Gasteiger partial charge is 0.367 e. The number of anilines is 1. The minimum absolute atomic E-state index is 0.201. The molecule has 4 heteroatoms. The molecule has 1 aromatic carbocycles. The zero-order valence-corrected chi connectivity index (χ0v) is 13.8. The van der Waals surface area contributed by atoms with Crippen LogP contribution in [0.5, 0.6) is 0 Å². The summed E-state index contributed by atoms with van der Waals surface area (Å²) in [5.41, 5.74) is 9.39. The lowest BCUT2D eigenvalue weighted by atomic mass is 9.99. The zero-order valence-electron chi connectivity index (χ0n) is 12.2. The van der Waals surface area contributed by atoms with E-state index in [1.165, 1.54) is 0 Å². The molecule has 1 aliphatic carbocycles. The number of rotatable bonds is 2. The molecule has 0 aliphatic heterocycles. The molecule has 1 heterocycles. The summed E-state index contributed by atoms with van der Waals surface area (Å²) >= 11 is 3.59. The van der Waals surface area contributed by atoms with Crippen LogP contribution in [0.1, 0.15) is 39.3 Å². The third-order valence-electron chi connectivity index (χ3n) is 5.18. The molecule has 106 valence electrons. The molecule has 0 saturated heterocycles. The van der Waals surface area contributed by atoms with Gasteiger partial charge < -0.3 is 10.3 Å². The summed E-state index contributed by atoms with van der Waals surface area (Å²) in [6, 6.07) is 8.04. The van der Waals surface area contributed by atoms with Crippen molar-refractivity contribution < 1.29 is 4.52 Å². The highest BCUT2D eigenvalue weighted by molar-refractivity contribution is 9.10. The van der Waals surface area contributed by atoms with Crippen molar-refractivity contribution >= 4 is 21.8 Å². The van der Waals surface area contributed by atoms with Gasteiger partial charge in [0.2, 0.25) is 5.88 Å². The Balaban J connectivity index is 2.16. The van der Waals surface area contributed by atoms with Crippen molar-refractivity contribution in [3.8, 4) is 11.1 Å². The van der Waals surface area contributed by atoms with Crippen LogP contribution in [-0.4, -0.2) is 5.16 Å². The molecule has 3 rings (SSSR count). The van der Waals surface area contributed by atoms with Gasteiger partial charge in [-0.1, -0.05) is 67.0 Å². The van der Waals surface area contributed by atoms with Crippen molar-refractivity contribution in [2.24, 2.45) is 10.8 Å². The summed E-state index contributed by atoms with van der Waals surface area (Å²) in [5.74, 6) is 0.753. The van der Waals surface area contributed by atoms with Crippen LogP contribution in [0.15, 0.2) is 33.3 Å². The molecule has 1 aromatic heterocycles. The lowest BCUT2D eigenvalue weighted by Crippen LogP contribution is -1.95. The van der Waals surface area contributed by atoms with Crippen LogP contribution in [0.3, 0.4) is 0 Å². The molecule has 0 radical (unpaired) electrons. The van der Waals surface area contributed by atoms with E-state index >= 15 is 0 Å². The second kappa shape index (κ2) is 4.10. The summed E-state index contributed by atoms with van der Waals surface area (Å²) in [5, 5.41) is 4.27. The van der Waals surface area contributed by atoms with Crippen molar-refractivity contribution in [1.82, 2.24) is 5.16 Å². The summed E-state index contributed by atoms with van der Waals surface area (Å²) in [7, 11) is 0. The Morgan fingerprint density at radius 3 is 2.30 bits per heavy atom. The molecular weight excluding hydrogens is 316 g/mol. The first-order chi connectivity index (χ1) is 9.28. The molecule has 0 atom stereocenters. The van der Waals surface area contributed by atoms with E-state index in [4.69, 9.17) is 10.3 Å². The Bertz CT molecular complexity index is 659. The smallest absolute Gasteiger partial charge is 0.230 e. The Morgan fingerprint density at radius 1 is 1.15 bits per heavy atom. The number of nitrogen functional groups attached to an aromatic ring is 1. The van der Waals surface area contributed by atoms with Crippen molar-refractivity contribution in [3.63, 3.8) is 0 Å². The summed E-state index contributed by atoms with van der Waals surface area (Å²) in [6.07, 6.45) is 0. The SMILES string of the molecule is CC1(C)C(c2noc(N)c2-c2ccccc2Br)C1(C)C.